The minimum atomic E-state index is -0.928. The van der Waals surface area contributed by atoms with Crippen molar-refractivity contribution in [1.29, 1.82) is 0 Å². The number of carbonyl (C=O) groups excluding carboxylic acids is 2. The second kappa shape index (κ2) is 8.62. The molecule has 1 saturated heterocycles. The highest BCUT2D eigenvalue weighted by Gasteiger charge is 2.42. The first-order chi connectivity index (χ1) is 11.6. The molecule has 0 bridgehead atoms. The topological polar surface area (TPSA) is 98.1 Å². The monoisotopic (exact) mass is 371 g/mol. The number of nitrogens with zero attached hydrogens (tertiary/aromatic N) is 3. The number of nitrogens with one attached hydrogen (secondary N) is 2. The third-order valence-corrected chi connectivity index (χ3v) is 5.06. The minimum absolute atomic E-state index is 0. The molecule has 0 atom stereocenters. The van der Waals surface area contributed by atoms with E-state index in [-0.39, 0.29) is 36.0 Å². The van der Waals surface area contributed by atoms with Crippen LogP contribution in [0.2, 0.25) is 0 Å². The molecular formula is C16H26ClN5O3. The smallest absolute Gasteiger partial charge is 0.331 e. The van der Waals surface area contributed by atoms with Crippen LogP contribution in [0.1, 0.15) is 61.5 Å². The number of rotatable bonds is 4. The zero-order chi connectivity index (χ0) is 17.0. The molecule has 0 aromatic carbocycles. The summed E-state index contributed by atoms with van der Waals surface area (Å²) in [5.41, 5.74) is -0.676. The lowest BCUT2D eigenvalue weighted by Crippen LogP contribution is -2.56. The Morgan fingerprint density at radius 3 is 2.60 bits per heavy atom. The molecule has 1 aromatic heterocycles. The Morgan fingerprint density at radius 2 is 1.96 bits per heavy atom. The van der Waals surface area contributed by atoms with Crippen LogP contribution in [0.3, 0.4) is 0 Å². The Balaban J connectivity index is 0.00000225. The molecule has 2 N–H and O–H groups in total. The molecule has 3 rings (SSSR count). The van der Waals surface area contributed by atoms with Crippen molar-refractivity contribution < 1.29 is 14.3 Å². The number of ether oxygens (including phenoxy) is 1. The zero-order valence-corrected chi connectivity index (χ0v) is 15.3. The maximum Gasteiger partial charge on any atom is 0.331 e. The average molecular weight is 372 g/mol. The number of hydrogen-bond donors (Lipinski definition) is 2. The molecule has 2 aliphatic rings. The van der Waals surface area contributed by atoms with Gasteiger partial charge >= 0.3 is 5.97 Å². The van der Waals surface area contributed by atoms with Gasteiger partial charge in [-0.3, -0.25) is 4.79 Å². The largest absolute Gasteiger partial charge is 0.467 e. The number of methoxy groups -OCH3 is 1. The fourth-order valence-electron chi connectivity index (χ4n) is 3.64. The second-order valence-electron chi connectivity index (χ2n) is 6.65. The van der Waals surface area contributed by atoms with Crippen LogP contribution in [0.15, 0.2) is 6.20 Å². The molecule has 1 aromatic rings. The molecule has 25 heavy (non-hydrogen) atoms. The molecule has 1 saturated carbocycles. The number of carbonyl (C=O) groups is 2. The number of amides is 1. The van der Waals surface area contributed by atoms with Crippen LogP contribution in [-0.2, 0) is 9.53 Å². The summed E-state index contributed by atoms with van der Waals surface area (Å²) in [6.45, 7) is 1.88. The summed E-state index contributed by atoms with van der Waals surface area (Å²) in [5.74, 6) is -0.733. The van der Waals surface area contributed by atoms with E-state index >= 15 is 0 Å². The molecule has 1 aliphatic heterocycles. The van der Waals surface area contributed by atoms with Crippen molar-refractivity contribution in [2.75, 3.05) is 20.2 Å². The average Bonchev–Trinajstić information content (AvgIpc) is 3.13. The number of hydrogen-bond acceptors (Lipinski definition) is 6. The van der Waals surface area contributed by atoms with Crippen LogP contribution in [-0.4, -0.2) is 52.6 Å². The van der Waals surface area contributed by atoms with Crippen LogP contribution in [0, 0.1) is 0 Å². The van der Waals surface area contributed by atoms with E-state index in [4.69, 9.17) is 4.74 Å². The molecule has 8 nitrogen and oxygen atoms in total. The highest BCUT2D eigenvalue weighted by atomic mass is 35.5. The molecule has 1 amide bonds. The highest BCUT2D eigenvalue weighted by Crippen LogP contribution is 2.29. The van der Waals surface area contributed by atoms with Gasteiger partial charge in [0.25, 0.3) is 5.91 Å². The Hall–Kier alpha value is -1.67. The first-order valence-electron chi connectivity index (χ1n) is 8.68. The maximum absolute atomic E-state index is 12.6. The van der Waals surface area contributed by atoms with Gasteiger partial charge in [-0.25, -0.2) is 9.48 Å². The van der Waals surface area contributed by atoms with Crippen molar-refractivity contribution in [2.45, 2.75) is 56.5 Å². The van der Waals surface area contributed by atoms with Gasteiger partial charge in [-0.1, -0.05) is 24.5 Å². The van der Waals surface area contributed by atoms with Gasteiger partial charge in [-0.2, -0.15) is 0 Å². The summed E-state index contributed by atoms with van der Waals surface area (Å²) >= 11 is 0. The standard InChI is InChI=1S/C16H25N5O3.ClH/c1-24-15(23)16(7-3-2-4-8-16)18-14(22)13-11-21(20-19-13)12-5-9-17-10-6-12;/h11-12,17H,2-10H2,1H3,(H,18,22);1H. The molecule has 140 valence electrons. The van der Waals surface area contributed by atoms with Gasteiger partial charge in [0.1, 0.15) is 5.54 Å². The molecule has 0 unspecified atom stereocenters. The summed E-state index contributed by atoms with van der Waals surface area (Å²) < 4.78 is 6.69. The van der Waals surface area contributed by atoms with E-state index in [1.54, 1.807) is 10.9 Å². The van der Waals surface area contributed by atoms with Crippen molar-refractivity contribution in [1.82, 2.24) is 25.6 Å². The molecule has 0 radical (unpaired) electrons. The fraction of sp³-hybridized carbons (Fsp3) is 0.750. The molecule has 0 spiro atoms. The van der Waals surface area contributed by atoms with Crippen LogP contribution in [0.4, 0.5) is 0 Å². The van der Waals surface area contributed by atoms with E-state index < -0.39 is 5.54 Å². The molecule has 1 aliphatic carbocycles. The fourth-order valence-corrected chi connectivity index (χ4v) is 3.64. The molecule has 2 fully saturated rings. The highest BCUT2D eigenvalue weighted by molar-refractivity contribution is 5.96. The van der Waals surface area contributed by atoms with E-state index in [1.807, 2.05) is 0 Å². The SMILES string of the molecule is COC(=O)C1(NC(=O)c2cn(C3CCNCC3)nn2)CCCCC1.Cl. The van der Waals surface area contributed by atoms with Gasteiger partial charge in [0.2, 0.25) is 0 Å². The Kier molecular flexibility index (Phi) is 6.78. The number of esters is 1. The normalized spacial score (nSPS) is 20.4. The predicted molar refractivity (Wildman–Crippen MR) is 93.7 cm³/mol. The van der Waals surface area contributed by atoms with Gasteiger partial charge in [-0.15, -0.1) is 17.5 Å². The summed E-state index contributed by atoms with van der Waals surface area (Å²) in [6, 6.07) is 0.268. The summed E-state index contributed by atoms with van der Waals surface area (Å²) in [4.78, 5) is 24.8. The summed E-state index contributed by atoms with van der Waals surface area (Å²) in [7, 11) is 1.36. The summed E-state index contributed by atoms with van der Waals surface area (Å²) in [6.07, 6.45) is 7.70. The van der Waals surface area contributed by atoms with Crippen molar-refractivity contribution in [3.63, 3.8) is 0 Å². The van der Waals surface area contributed by atoms with Crippen molar-refractivity contribution in [2.24, 2.45) is 0 Å². The van der Waals surface area contributed by atoms with E-state index in [2.05, 4.69) is 20.9 Å². The van der Waals surface area contributed by atoms with Gasteiger partial charge < -0.3 is 15.4 Å². The van der Waals surface area contributed by atoms with Crippen LogP contribution < -0.4 is 10.6 Å². The van der Waals surface area contributed by atoms with Crippen LogP contribution >= 0.6 is 12.4 Å². The zero-order valence-electron chi connectivity index (χ0n) is 14.5. The van der Waals surface area contributed by atoms with Gasteiger partial charge in [0.15, 0.2) is 5.69 Å². The maximum atomic E-state index is 12.6. The first-order valence-corrected chi connectivity index (χ1v) is 8.68. The lowest BCUT2D eigenvalue weighted by atomic mass is 9.81. The lowest BCUT2D eigenvalue weighted by Gasteiger charge is -2.34. The van der Waals surface area contributed by atoms with Crippen molar-refractivity contribution in [3.05, 3.63) is 11.9 Å². The van der Waals surface area contributed by atoms with E-state index in [1.165, 1.54) is 7.11 Å². The third kappa shape index (κ3) is 4.30. The Morgan fingerprint density at radius 1 is 1.28 bits per heavy atom. The van der Waals surface area contributed by atoms with Crippen molar-refractivity contribution in [3.8, 4) is 0 Å². The van der Waals surface area contributed by atoms with Gasteiger partial charge in [-0.05, 0) is 38.8 Å². The van der Waals surface area contributed by atoms with E-state index in [0.29, 0.717) is 12.8 Å². The number of halogens is 1. The van der Waals surface area contributed by atoms with E-state index in [9.17, 15) is 9.59 Å². The Labute approximate surface area is 153 Å². The third-order valence-electron chi connectivity index (χ3n) is 5.06. The summed E-state index contributed by atoms with van der Waals surface area (Å²) in [5, 5.41) is 14.3. The lowest BCUT2D eigenvalue weighted by molar-refractivity contribution is -0.149. The second-order valence-corrected chi connectivity index (χ2v) is 6.65. The Bertz CT molecular complexity index is 594. The van der Waals surface area contributed by atoms with E-state index in [0.717, 1.165) is 45.2 Å². The minimum Gasteiger partial charge on any atom is -0.467 e. The van der Waals surface area contributed by atoms with Crippen molar-refractivity contribution >= 4 is 24.3 Å². The molecule has 2 heterocycles. The first kappa shape index (κ1) is 19.7. The molecular weight excluding hydrogens is 346 g/mol. The van der Waals surface area contributed by atoms with Gasteiger partial charge in [0.05, 0.1) is 19.3 Å². The number of aromatic nitrogens is 3. The predicted octanol–water partition coefficient (Wildman–Crippen LogP) is 1.23. The van der Waals surface area contributed by atoms with Crippen LogP contribution in [0.5, 0.6) is 0 Å². The number of piperidine rings is 1. The van der Waals surface area contributed by atoms with Gasteiger partial charge in [0, 0.05) is 0 Å². The van der Waals surface area contributed by atoms with Crippen LogP contribution in [0.25, 0.3) is 0 Å². The molecule has 9 heteroatoms. The quantitative estimate of drug-likeness (QED) is 0.772.